The normalized spacial score (nSPS) is 13.8. The van der Waals surface area contributed by atoms with Crippen molar-refractivity contribution in [3.05, 3.63) is 95.6 Å². The number of nitrogens with one attached hydrogen (secondary N) is 3. The van der Waals surface area contributed by atoms with E-state index in [-0.39, 0.29) is 35.8 Å². The first kappa shape index (κ1) is 35.0. The standard InChI is InChI=1S/C35H37N5O8/c1-5-48-35(46)29(21(2)3)39-31(42)27(19-22-11-7-6-8-12-22)38-28(41)20-36-32(43)30(37-23-15-17-24(47-4)18-16-23)40-33(44)25-13-9-10-14-26(25)34(40)45/h6-18,21,27,29H,5,19-20H2,1-4H3,(H,36,43)(H,38,41)(H,39,42)/t27-,29+/m0/s1. The Hall–Kier alpha value is -5.85. The van der Waals surface area contributed by atoms with E-state index >= 15 is 0 Å². The molecule has 0 saturated carbocycles. The molecule has 1 aliphatic rings. The number of carbonyl (C=O) groups is 6. The maximum absolute atomic E-state index is 13.5. The van der Waals surface area contributed by atoms with Crippen LogP contribution >= 0.6 is 0 Å². The molecule has 0 unspecified atom stereocenters. The molecule has 4 rings (SSSR count). The highest BCUT2D eigenvalue weighted by atomic mass is 16.5. The molecule has 13 heteroatoms. The van der Waals surface area contributed by atoms with Gasteiger partial charge in [0.15, 0.2) is 0 Å². The number of hydrogen-bond donors (Lipinski definition) is 3. The third-order valence-electron chi connectivity index (χ3n) is 7.37. The molecule has 1 heterocycles. The first-order valence-electron chi connectivity index (χ1n) is 15.3. The second-order valence-electron chi connectivity index (χ2n) is 11.1. The molecule has 2 atom stereocenters. The third-order valence-corrected chi connectivity index (χ3v) is 7.37. The lowest BCUT2D eigenvalue weighted by atomic mass is 10.0. The van der Waals surface area contributed by atoms with E-state index in [1.54, 1.807) is 69.3 Å². The summed E-state index contributed by atoms with van der Waals surface area (Å²) in [6, 6.07) is 19.2. The number of methoxy groups -OCH3 is 1. The number of esters is 1. The molecule has 48 heavy (non-hydrogen) atoms. The van der Waals surface area contributed by atoms with Crippen LogP contribution in [-0.4, -0.2) is 78.6 Å². The van der Waals surface area contributed by atoms with Gasteiger partial charge in [-0.15, -0.1) is 0 Å². The van der Waals surface area contributed by atoms with E-state index in [9.17, 15) is 28.8 Å². The van der Waals surface area contributed by atoms with Crippen molar-refractivity contribution in [1.82, 2.24) is 20.9 Å². The maximum Gasteiger partial charge on any atom is 0.328 e. The molecular weight excluding hydrogens is 618 g/mol. The summed E-state index contributed by atoms with van der Waals surface area (Å²) < 4.78 is 10.3. The van der Waals surface area contributed by atoms with Gasteiger partial charge in [0, 0.05) is 6.42 Å². The monoisotopic (exact) mass is 655 g/mol. The van der Waals surface area contributed by atoms with Gasteiger partial charge in [-0.3, -0.25) is 24.0 Å². The molecule has 0 saturated heterocycles. The Bertz CT molecular complexity index is 1670. The highest BCUT2D eigenvalue weighted by Crippen LogP contribution is 2.25. The molecule has 0 spiro atoms. The minimum atomic E-state index is -1.13. The number of nitrogens with zero attached hydrogens (tertiary/aromatic N) is 2. The van der Waals surface area contributed by atoms with Crippen molar-refractivity contribution in [3.8, 4) is 5.75 Å². The lowest BCUT2D eigenvalue weighted by molar-refractivity contribution is -0.149. The Labute approximate surface area is 277 Å². The first-order valence-corrected chi connectivity index (χ1v) is 15.3. The summed E-state index contributed by atoms with van der Waals surface area (Å²) in [5.41, 5.74) is 1.18. The Morgan fingerprint density at radius 2 is 1.44 bits per heavy atom. The van der Waals surface area contributed by atoms with Gasteiger partial charge in [-0.2, -0.15) is 0 Å². The molecule has 0 aromatic heterocycles. The zero-order valence-electron chi connectivity index (χ0n) is 27.0. The van der Waals surface area contributed by atoms with E-state index in [1.165, 1.54) is 31.4 Å². The Balaban J connectivity index is 1.54. The molecule has 0 aliphatic carbocycles. The van der Waals surface area contributed by atoms with Crippen molar-refractivity contribution in [2.75, 3.05) is 20.3 Å². The molecule has 3 aromatic carbocycles. The lowest BCUT2D eigenvalue weighted by Gasteiger charge is -2.25. The third kappa shape index (κ3) is 8.49. The number of imide groups is 1. The minimum Gasteiger partial charge on any atom is -0.497 e. The molecule has 1 aliphatic heterocycles. The zero-order valence-corrected chi connectivity index (χ0v) is 27.0. The van der Waals surface area contributed by atoms with Crippen LogP contribution in [0.2, 0.25) is 0 Å². The van der Waals surface area contributed by atoms with Gasteiger partial charge in [0.05, 0.1) is 37.1 Å². The van der Waals surface area contributed by atoms with E-state index in [0.29, 0.717) is 10.6 Å². The van der Waals surface area contributed by atoms with Gasteiger partial charge in [0.2, 0.25) is 17.6 Å². The van der Waals surface area contributed by atoms with Crippen LogP contribution in [0.4, 0.5) is 5.69 Å². The fourth-order valence-corrected chi connectivity index (χ4v) is 4.89. The summed E-state index contributed by atoms with van der Waals surface area (Å²) in [6.07, 6.45) is 0.0826. The molecule has 5 amide bonds. The van der Waals surface area contributed by atoms with Crippen LogP contribution in [0.5, 0.6) is 5.75 Å². The van der Waals surface area contributed by atoms with Gasteiger partial charge in [0.1, 0.15) is 17.8 Å². The highest BCUT2D eigenvalue weighted by molar-refractivity contribution is 6.48. The van der Waals surface area contributed by atoms with Crippen LogP contribution in [0.15, 0.2) is 83.9 Å². The first-order chi connectivity index (χ1) is 23.0. The largest absolute Gasteiger partial charge is 0.497 e. The average molecular weight is 656 g/mol. The molecule has 0 bridgehead atoms. The van der Waals surface area contributed by atoms with Crippen molar-refractivity contribution in [3.63, 3.8) is 0 Å². The number of carbonyl (C=O) groups excluding carboxylic acids is 6. The van der Waals surface area contributed by atoms with E-state index in [2.05, 4.69) is 20.9 Å². The summed E-state index contributed by atoms with van der Waals surface area (Å²) in [4.78, 5) is 84.2. The van der Waals surface area contributed by atoms with Crippen molar-refractivity contribution in [1.29, 1.82) is 0 Å². The predicted octanol–water partition coefficient (Wildman–Crippen LogP) is 2.57. The van der Waals surface area contributed by atoms with Gasteiger partial charge in [0.25, 0.3) is 17.7 Å². The number of benzene rings is 3. The number of ether oxygens (including phenoxy) is 2. The number of rotatable bonds is 12. The van der Waals surface area contributed by atoms with Gasteiger partial charge in [-0.1, -0.05) is 56.3 Å². The second-order valence-corrected chi connectivity index (χ2v) is 11.1. The maximum atomic E-state index is 13.5. The van der Waals surface area contributed by atoms with Crippen molar-refractivity contribution >= 4 is 47.0 Å². The molecule has 0 radical (unpaired) electrons. The summed E-state index contributed by atoms with van der Waals surface area (Å²) in [5, 5.41) is 7.71. The quantitative estimate of drug-likeness (QED) is 0.116. The van der Waals surface area contributed by atoms with E-state index in [4.69, 9.17) is 9.47 Å². The SMILES string of the molecule is CCOC(=O)[C@H](NC(=O)[C@H](Cc1ccccc1)NC(=O)CNC(=O)C(=Nc1ccc(OC)cc1)N1C(=O)c2ccccc2C1=O)C(C)C. The van der Waals surface area contributed by atoms with Crippen LogP contribution in [-0.2, 0) is 30.3 Å². The van der Waals surface area contributed by atoms with Crippen molar-refractivity contribution < 1.29 is 38.2 Å². The number of amides is 5. The lowest BCUT2D eigenvalue weighted by Crippen LogP contribution is -2.55. The van der Waals surface area contributed by atoms with E-state index in [0.717, 1.165) is 5.56 Å². The molecule has 0 fully saturated rings. The van der Waals surface area contributed by atoms with Gasteiger partial charge in [-0.05, 0) is 54.8 Å². The van der Waals surface area contributed by atoms with Gasteiger partial charge in [-0.25, -0.2) is 14.7 Å². The van der Waals surface area contributed by atoms with Gasteiger partial charge < -0.3 is 25.4 Å². The average Bonchev–Trinajstić information content (AvgIpc) is 3.34. The summed E-state index contributed by atoms with van der Waals surface area (Å²) >= 11 is 0. The van der Waals surface area contributed by atoms with E-state index < -0.39 is 60.0 Å². The molecule has 13 nitrogen and oxygen atoms in total. The number of aliphatic imine (C=N–C) groups is 1. The zero-order chi connectivity index (χ0) is 34.8. The molecule has 250 valence electrons. The van der Waals surface area contributed by atoms with Crippen LogP contribution in [0, 0.1) is 5.92 Å². The molecule has 3 aromatic rings. The Kier molecular flexibility index (Phi) is 11.8. The summed E-state index contributed by atoms with van der Waals surface area (Å²) in [6.45, 7) is 4.66. The number of amidine groups is 1. The Morgan fingerprint density at radius 1 is 0.833 bits per heavy atom. The second kappa shape index (κ2) is 16.1. The highest BCUT2D eigenvalue weighted by Gasteiger charge is 2.41. The summed E-state index contributed by atoms with van der Waals surface area (Å²) in [5.74, 6) is -4.78. The van der Waals surface area contributed by atoms with Crippen LogP contribution in [0.25, 0.3) is 0 Å². The predicted molar refractivity (Wildman–Crippen MR) is 176 cm³/mol. The van der Waals surface area contributed by atoms with E-state index in [1.807, 2.05) is 6.07 Å². The van der Waals surface area contributed by atoms with Gasteiger partial charge >= 0.3 is 5.97 Å². The smallest absolute Gasteiger partial charge is 0.328 e. The molecule has 3 N–H and O–H groups in total. The fraction of sp³-hybridized carbons (Fsp3) is 0.286. The minimum absolute atomic E-state index is 0.0826. The van der Waals surface area contributed by atoms with Crippen LogP contribution in [0.3, 0.4) is 0 Å². The van der Waals surface area contributed by atoms with Crippen LogP contribution in [0.1, 0.15) is 47.1 Å². The van der Waals surface area contributed by atoms with Crippen molar-refractivity contribution in [2.45, 2.75) is 39.3 Å². The molecular formula is C35H37N5O8. The Morgan fingerprint density at radius 3 is 2.00 bits per heavy atom. The fourth-order valence-electron chi connectivity index (χ4n) is 4.89. The summed E-state index contributed by atoms with van der Waals surface area (Å²) in [7, 11) is 1.48. The van der Waals surface area contributed by atoms with Crippen molar-refractivity contribution in [2.24, 2.45) is 10.9 Å². The number of fused-ring (bicyclic) bond motifs is 1. The number of hydrogen-bond acceptors (Lipinski definition) is 9. The van der Waals surface area contributed by atoms with Crippen LogP contribution < -0.4 is 20.7 Å². The topological polar surface area (TPSA) is 173 Å².